The van der Waals surface area contributed by atoms with E-state index in [1.54, 1.807) is 25.3 Å². The SMILES string of the molecule is COc1cccc(C(=O)N(CCC(C)C)Cc2c(-c3ccc(F)cc3)noc2N2CCN(C)CC2)c1. The first-order valence-corrected chi connectivity index (χ1v) is 12.5. The molecule has 1 amide bonds. The van der Waals surface area contributed by atoms with Crippen LogP contribution in [0.15, 0.2) is 53.1 Å². The molecular formula is C28H35FN4O3. The monoisotopic (exact) mass is 494 g/mol. The number of methoxy groups -OCH3 is 1. The summed E-state index contributed by atoms with van der Waals surface area (Å²) in [4.78, 5) is 20.0. The van der Waals surface area contributed by atoms with E-state index in [9.17, 15) is 9.18 Å². The molecule has 0 saturated carbocycles. The van der Waals surface area contributed by atoms with Crippen LogP contribution in [0.1, 0.15) is 36.2 Å². The molecule has 7 nitrogen and oxygen atoms in total. The Morgan fingerprint density at radius 3 is 2.53 bits per heavy atom. The molecule has 4 rings (SSSR count). The smallest absolute Gasteiger partial charge is 0.254 e. The molecule has 3 aromatic rings. The second-order valence-corrected chi connectivity index (χ2v) is 9.75. The van der Waals surface area contributed by atoms with E-state index in [-0.39, 0.29) is 11.7 Å². The van der Waals surface area contributed by atoms with Crippen LogP contribution >= 0.6 is 0 Å². The van der Waals surface area contributed by atoms with Gasteiger partial charge in [-0.2, -0.15) is 0 Å². The van der Waals surface area contributed by atoms with Crippen LogP contribution in [-0.4, -0.2) is 67.7 Å². The fourth-order valence-electron chi connectivity index (χ4n) is 4.33. The highest BCUT2D eigenvalue weighted by Gasteiger charge is 2.28. The number of hydrogen-bond donors (Lipinski definition) is 0. The number of halogens is 1. The van der Waals surface area contributed by atoms with Gasteiger partial charge in [-0.25, -0.2) is 4.39 Å². The van der Waals surface area contributed by atoms with Gasteiger partial charge in [-0.1, -0.05) is 25.1 Å². The second-order valence-electron chi connectivity index (χ2n) is 9.75. The summed E-state index contributed by atoms with van der Waals surface area (Å²) in [7, 11) is 3.69. The summed E-state index contributed by atoms with van der Waals surface area (Å²) >= 11 is 0. The standard InChI is InChI=1S/C28H35FN4O3/c1-20(2)12-13-33(27(34)22-6-5-7-24(18-22)35-4)19-25-26(21-8-10-23(29)11-9-21)30-36-28(25)32-16-14-31(3)15-17-32/h5-11,18,20H,12-17,19H2,1-4H3. The zero-order valence-electron chi connectivity index (χ0n) is 21.5. The van der Waals surface area contributed by atoms with Gasteiger partial charge in [0.05, 0.1) is 19.2 Å². The molecule has 192 valence electrons. The maximum atomic E-state index is 13.7. The van der Waals surface area contributed by atoms with Crippen LogP contribution in [0.3, 0.4) is 0 Å². The number of piperazine rings is 1. The van der Waals surface area contributed by atoms with Crippen molar-refractivity contribution in [3.8, 4) is 17.0 Å². The molecule has 2 aromatic carbocycles. The van der Waals surface area contributed by atoms with E-state index in [1.807, 2.05) is 23.1 Å². The minimum absolute atomic E-state index is 0.0786. The van der Waals surface area contributed by atoms with Gasteiger partial charge in [0.1, 0.15) is 17.3 Å². The summed E-state index contributed by atoms with van der Waals surface area (Å²) < 4.78 is 24.9. The van der Waals surface area contributed by atoms with Crippen molar-refractivity contribution in [2.75, 3.05) is 51.8 Å². The molecule has 8 heteroatoms. The number of benzene rings is 2. The highest BCUT2D eigenvalue weighted by Crippen LogP contribution is 2.34. The van der Waals surface area contributed by atoms with Crippen molar-refractivity contribution in [2.45, 2.75) is 26.8 Å². The third-order valence-corrected chi connectivity index (χ3v) is 6.60. The number of likely N-dealkylation sites (N-methyl/N-ethyl adjacent to an activating group) is 1. The molecular weight excluding hydrogens is 459 g/mol. The number of carbonyl (C=O) groups is 1. The lowest BCUT2D eigenvalue weighted by Gasteiger charge is -2.33. The summed E-state index contributed by atoms with van der Waals surface area (Å²) in [6.45, 7) is 8.64. The van der Waals surface area contributed by atoms with Gasteiger partial charge < -0.3 is 24.0 Å². The minimum Gasteiger partial charge on any atom is -0.497 e. The Balaban J connectivity index is 1.72. The molecule has 2 heterocycles. The normalized spacial score (nSPS) is 14.3. The maximum Gasteiger partial charge on any atom is 0.254 e. The molecule has 0 bridgehead atoms. The average molecular weight is 495 g/mol. The molecule has 1 aliphatic heterocycles. The summed E-state index contributed by atoms with van der Waals surface area (Å²) in [6, 6.07) is 13.5. The van der Waals surface area contributed by atoms with Crippen LogP contribution in [0.5, 0.6) is 5.75 Å². The number of anilines is 1. The molecule has 1 fully saturated rings. The van der Waals surface area contributed by atoms with Crippen molar-refractivity contribution in [1.82, 2.24) is 15.0 Å². The molecule has 1 aromatic heterocycles. The summed E-state index contributed by atoms with van der Waals surface area (Å²) in [5, 5.41) is 4.41. The zero-order chi connectivity index (χ0) is 25.7. The van der Waals surface area contributed by atoms with Crippen LogP contribution < -0.4 is 9.64 Å². The summed E-state index contributed by atoms with van der Waals surface area (Å²) in [6.07, 6.45) is 0.858. The van der Waals surface area contributed by atoms with E-state index in [2.05, 4.69) is 35.9 Å². The van der Waals surface area contributed by atoms with Gasteiger partial charge in [0.25, 0.3) is 5.91 Å². The van der Waals surface area contributed by atoms with E-state index >= 15 is 0 Å². The number of rotatable bonds is 9. The summed E-state index contributed by atoms with van der Waals surface area (Å²) in [5.41, 5.74) is 2.80. The number of hydrogen-bond acceptors (Lipinski definition) is 6. The van der Waals surface area contributed by atoms with Gasteiger partial charge in [-0.3, -0.25) is 4.79 Å². The Labute approximate surface area is 212 Å². The number of ether oxygens (including phenoxy) is 1. The molecule has 0 spiro atoms. The Morgan fingerprint density at radius 2 is 1.86 bits per heavy atom. The molecule has 0 N–H and O–H groups in total. The maximum absolute atomic E-state index is 13.7. The fraction of sp³-hybridized carbons (Fsp3) is 0.429. The van der Waals surface area contributed by atoms with Crippen LogP contribution in [0.2, 0.25) is 0 Å². The molecule has 1 aliphatic rings. The highest BCUT2D eigenvalue weighted by atomic mass is 19.1. The van der Waals surface area contributed by atoms with E-state index in [1.165, 1.54) is 12.1 Å². The predicted molar refractivity (Wildman–Crippen MR) is 139 cm³/mol. The van der Waals surface area contributed by atoms with Gasteiger partial charge in [-0.05, 0) is 61.9 Å². The van der Waals surface area contributed by atoms with Gasteiger partial charge in [0, 0.05) is 43.9 Å². The van der Waals surface area contributed by atoms with E-state index in [0.29, 0.717) is 41.9 Å². The van der Waals surface area contributed by atoms with Crippen LogP contribution in [0, 0.1) is 11.7 Å². The molecule has 0 atom stereocenters. The van der Waals surface area contributed by atoms with Crippen molar-refractivity contribution >= 4 is 11.8 Å². The predicted octanol–water partition coefficient (Wildman–Crippen LogP) is 4.93. The number of aromatic nitrogens is 1. The van der Waals surface area contributed by atoms with E-state index in [0.717, 1.165) is 43.7 Å². The van der Waals surface area contributed by atoms with E-state index < -0.39 is 0 Å². The number of amides is 1. The third kappa shape index (κ3) is 6.05. The fourth-order valence-corrected chi connectivity index (χ4v) is 4.33. The molecule has 0 radical (unpaired) electrons. The van der Waals surface area contributed by atoms with Crippen molar-refractivity contribution < 1.29 is 18.4 Å². The van der Waals surface area contributed by atoms with Crippen molar-refractivity contribution in [2.24, 2.45) is 5.92 Å². The molecule has 36 heavy (non-hydrogen) atoms. The van der Waals surface area contributed by atoms with Crippen LogP contribution in [0.4, 0.5) is 10.3 Å². The Kier molecular flexibility index (Phi) is 8.25. The first-order valence-electron chi connectivity index (χ1n) is 12.5. The van der Waals surface area contributed by atoms with Crippen molar-refractivity contribution in [3.05, 3.63) is 65.5 Å². The van der Waals surface area contributed by atoms with E-state index in [4.69, 9.17) is 9.26 Å². The third-order valence-electron chi connectivity index (χ3n) is 6.60. The van der Waals surface area contributed by atoms with Gasteiger partial charge in [-0.15, -0.1) is 0 Å². The topological polar surface area (TPSA) is 62.1 Å². The lowest BCUT2D eigenvalue weighted by Crippen LogP contribution is -2.45. The summed E-state index contributed by atoms with van der Waals surface area (Å²) in [5.74, 6) is 1.36. The van der Waals surface area contributed by atoms with Crippen LogP contribution in [0.25, 0.3) is 11.3 Å². The van der Waals surface area contributed by atoms with Gasteiger partial charge in [0.2, 0.25) is 5.88 Å². The first kappa shape index (κ1) is 25.7. The first-order chi connectivity index (χ1) is 17.4. The molecule has 1 saturated heterocycles. The number of nitrogens with zero attached hydrogens (tertiary/aromatic N) is 4. The Bertz CT molecular complexity index is 1150. The lowest BCUT2D eigenvalue weighted by atomic mass is 10.0. The largest absolute Gasteiger partial charge is 0.497 e. The second kappa shape index (κ2) is 11.6. The highest BCUT2D eigenvalue weighted by molar-refractivity contribution is 5.94. The quantitative estimate of drug-likeness (QED) is 0.420. The lowest BCUT2D eigenvalue weighted by molar-refractivity contribution is 0.0735. The van der Waals surface area contributed by atoms with Gasteiger partial charge >= 0.3 is 0 Å². The van der Waals surface area contributed by atoms with Crippen LogP contribution in [-0.2, 0) is 6.54 Å². The Morgan fingerprint density at radius 1 is 1.14 bits per heavy atom. The van der Waals surface area contributed by atoms with Gasteiger partial charge in [0.15, 0.2) is 0 Å². The number of carbonyl (C=O) groups excluding carboxylic acids is 1. The molecule has 0 aliphatic carbocycles. The average Bonchev–Trinajstić information content (AvgIpc) is 3.30. The molecule has 0 unspecified atom stereocenters. The zero-order valence-corrected chi connectivity index (χ0v) is 21.5. The van der Waals surface area contributed by atoms with Crippen molar-refractivity contribution in [1.29, 1.82) is 0 Å². The minimum atomic E-state index is -0.310. The Hall–Kier alpha value is -3.39. The van der Waals surface area contributed by atoms with Crippen molar-refractivity contribution in [3.63, 3.8) is 0 Å².